The lowest BCUT2D eigenvalue weighted by atomic mass is 10.4. The molecule has 1 aliphatic heterocycles. The smallest absolute Gasteiger partial charge is 0.124 e. The summed E-state index contributed by atoms with van der Waals surface area (Å²) in [5.41, 5.74) is 0. The van der Waals surface area contributed by atoms with Crippen LogP contribution >= 0.6 is 0 Å². The summed E-state index contributed by atoms with van der Waals surface area (Å²) in [7, 11) is 0. The molecule has 2 N–H and O–H groups in total. The van der Waals surface area contributed by atoms with Crippen molar-refractivity contribution in [3.05, 3.63) is 0 Å². The molecule has 52 valence electrons. The Morgan fingerprint density at radius 1 is 1.78 bits per heavy atom. The van der Waals surface area contributed by atoms with Crippen molar-refractivity contribution >= 4 is 5.84 Å². The van der Waals surface area contributed by atoms with E-state index in [2.05, 4.69) is 0 Å². The zero-order valence-corrected chi connectivity index (χ0v) is 5.59. The van der Waals surface area contributed by atoms with Crippen LogP contribution in [0.5, 0.6) is 0 Å². The van der Waals surface area contributed by atoms with Crippen molar-refractivity contribution in [2.45, 2.75) is 26.0 Å². The molecular formula is C6H12N2O. The van der Waals surface area contributed by atoms with Crippen molar-refractivity contribution in [2.24, 2.45) is 0 Å². The van der Waals surface area contributed by atoms with Crippen LogP contribution in [0, 0.1) is 5.41 Å². The summed E-state index contributed by atoms with van der Waals surface area (Å²) in [6.45, 7) is 2.54. The van der Waals surface area contributed by atoms with Crippen LogP contribution in [0.25, 0.3) is 0 Å². The van der Waals surface area contributed by atoms with Crippen LogP contribution < -0.4 is 0 Å². The quantitative estimate of drug-likeness (QED) is 0.537. The Balaban J connectivity index is 2.49. The van der Waals surface area contributed by atoms with Crippen LogP contribution in [0.4, 0.5) is 0 Å². The summed E-state index contributed by atoms with van der Waals surface area (Å²) in [6.07, 6.45) is 1.37. The molecule has 1 unspecified atom stereocenters. The molecule has 0 aliphatic carbocycles. The normalized spacial score (nSPS) is 22.9. The highest BCUT2D eigenvalue weighted by atomic mass is 16.3. The molecular weight excluding hydrogens is 116 g/mol. The Labute approximate surface area is 54.8 Å². The van der Waals surface area contributed by atoms with E-state index in [9.17, 15) is 0 Å². The molecule has 1 fully saturated rings. The average Bonchev–Trinajstić information content (AvgIpc) is 2.13. The van der Waals surface area contributed by atoms with Gasteiger partial charge in [0.05, 0.1) is 5.84 Å². The van der Waals surface area contributed by atoms with E-state index in [1.807, 2.05) is 0 Å². The second-order valence-electron chi connectivity index (χ2n) is 2.38. The van der Waals surface area contributed by atoms with Gasteiger partial charge in [-0.1, -0.05) is 0 Å². The van der Waals surface area contributed by atoms with Crippen LogP contribution in [0.15, 0.2) is 0 Å². The second-order valence-corrected chi connectivity index (χ2v) is 2.38. The van der Waals surface area contributed by atoms with Gasteiger partial charge in [-0.2, -0.15) is 0 Å². The first-order chi connectivity index (χ1) is 4.22. The summed E-state index contributed by atoms with van der Waals surface area (Å²) in [6, 6.07) is 0. The molecule has 1 rings (SSSR count). The summed E-state index contributed by atoms with van der Waals surface area (Å²) in [5, 5.41) is 16.3. The molecule has 0 bridgehead atoms. The van der Waals surface area contributed by atoms with Crippen molar-refractivity contribution in [1.29, 1.82) is 5.41 Å². The number of rotatable bonds is 1. The van der Waals surface area contributed by atoms with E-state index in [1.54, 1.807) is 11.8 Å². The highest BCUT2D eigenvalue weighted by Gasteiger charge is 2.19. The maximum atomic E-state index is 9.01. The third kappa shape index (κ3) is 1.21. The Morgan fingerprint density at radius 2 is 2.44 bits per heavy atom. The largest absolute Gasteiger partial charge is 0.374 e. The first-order valence-corrected chi connectivity index (χ1v) is 3.24. The van der Waals surface area contributed by atoms with Crippen molar-refractivity contribution < 1.29 is 5.11 Å². The van der Waals surface area contributed by atoms with Gasteiger partial charge in [0, 0.05) is 13.0 Å². The molecule has 3 nitrogen and oxygen atoms in total. The number of likely N-dealkylation sites (tertiary alicyclic amines) is 1. The number of nitrogens with zero attached hydrogens (tertiary/aromatic N) is 1. The molecule has 9 heavy (non-hydrogen) atoms. The van der Waals surface area contributed by atoms with E-state index < -0.39 is 6.23 Å². The minimum Gasteiger partial charge on any atom is -0.374 e. The van der Waals surface area contributed by atoms with Crippen molar-refractivity contribution in [3.63, 3.8) is 0 Å². The molecule has 1 atom stereocenters. The molecule has 1 saturated heterocycles. The van der Waals surface area contributed by atoms with Gasteiger partial charge in [0.1, 0.15) is 6.23 Å². The van der Waals surface area contributed by atoms with Crippen LogP contribution in [0.1, 0.15) is 19.8 Å². The molecule has 3 heteroatoms. The van der Waals surface area contributed by atoms with Gasteiger partial charge >= 0.3 is 0 Å². The fraction of sp³-hybridized carbons (Fsp3) is 0.833. The van der Waals surface area contributed by atoms with Gasteiger partial charge in [-0.05, 0) is 13.3 Å². The Bertz CT molecular complexity index is 122. The highest BCUT2D eigenvalue weighted by molar-refractivity contribution is 5.81. The maximum absolute atomic E-state index is 9.01. The zero-order valence-electron chi connectivity index (χ0n) is 5.59. The summed E-state index contributed by atoms with van der Waals surface area (Å²) >= 11 is 0. The predicted molar refractivity (Wildman–Crippen MR) is 35.3 cm³/mol. The Morgan fingerprint density at radius 3 is 2.67 bits per heavy atom. The summed E-state index contributed by atoms with van der Waals surface area (Å²) < 4.78 is 0. The van der Waals surface area contributed by atoms with Gasteiger partial charge in [0.25, 0.3) is 0 Å². The van der Waals surface area contributed by atoms with E-state index in [-0.39, 0.29) is 0 Å². The van der Waals surface area contributed by atoms with Crippen LogP contribution in [0.2, 0.25) is 0 Å². The molecule has 0 radical (unpaired) electrons. The zero-order chi connectivity index (χ0) is 6.85. The fourth-order valence-electron chi connectivity index (χ4n) is 1.11. The SMILES string of the molecule is CC(O)N1CCCC1=N. The molecule has 0 aromatic carbocycles. The third-order valence-corrected chi connectivity index (χ3v) is 1.61. The number of amidine groups is 1. The van der Waals surface area contributed by atoms with Gasteiger partial charge in [-0.3, -0.25) is 5.41 Å². The minimum atomic E-state index is -0.472. The lowest BCUT2D eigenvalue weighted by Gasteiger charge is -2.20. The van der Waals surface area contributed by atoms with E-state index in [0.29, 0.717) is 5.84 Å². The fourth-order valence-corrected chi connectivity index (χ4v) is 1.11. The summed E-state index contributed by atoms with van der Waals surface area (Å²) in [4.78, 5) is 1.71. The molecule has 0 spiro atoms. The minimum absolute atomic E-state index is 0.472. The van der Waals surface area contributed by atoms with Crippen LogP contribution in [-0.4, -0.2) is 28.6 Å². The highest BCUT2D eigenvalue weighted by Crippen LogP contribution is 2.11. The monoisotopic (exact) mass is 128 g/mol. The second kappa shape index (κ2) is 2.35. The predicted octanol–water partition coefficient (Wildman–Crippen LogP) is 0.398. The van der Waals surface area contributed by atoms with E-state index in [4.69, 9.17) is 10.5 Å². The van der Waals surface area contributed by atoms with Crippen LogP contribution in [0.3, 0.4) is 0 Å². The molecule has 0 aromatic rings. The van der Waals surface area contributed by atoms with E-state index in [1.165, 1.54) is 0 Å². The van der Waals surface area contributed by atoms with Crippen LogP contribution in [-0.2, 0) is 0 Å². The number of hydrogen-bond acceptors (Lipinski definition) is 2. The third-order valence-electron chi connectivity index (χ3n) is 1.61. The molecule has 0 amide bonds. The van der Waals surface area contributed by atoms with Crippen molar-refractivity contribution in [3.8, 4) is 0 Å². The average molecular weight is 128 g/mol. The Kier molecular flexibility index (Phi) is 1.71. The van der Waals surface area contributed by atoms with Gasteiger partial charge in [0.15, 0.2) is 0 Å². The first-order valence-electron chi connectivity index (χ1n) is 3.24. The molecule has 0 aromatic heterocycles. The van der Waals surface area contributed by atoms with Gasteiger partial charge in [0.2, 0.25) is 0 Å². The van der Waals surface area contributed by atoms with Gasteiger partial charge < -0.3 is 10.0 Å². The van der Waals surface area contributed by atoms with Gasteiger partial charge in [-0.15, -0.1) is 0 Å². The van der Waals surface area contributed by atoms with Gasteiger partial charge in [-0.25, -0.2) is 0 Å². The standard InChI is InChI=1S/C6H12N2O/c1-5(9)8-4-2-3-6(8)7/h5,7,9H,2-4H2,1H3. The molecule has 1 heterocycles. The number of aliphatic hydroxyl groups excluding tert-OH is 1. The molecule has 1 aliphatic rings. The number of hydrogen-bond donors (Lipinski definition) is 2. The first kappa shape index (κ1) is 6.55. The Hall–Kier alpha value is -0.570. The lowest BCUT2D eigenvalue weighted by molar-refractivity contribution is 0.0773. The number of aliphatic hydroxyl groups is 1. The number of nitrogens with one attached hydrogen (secondary N) is 1. The van der Waals surface area contributed by atoms with Crippen molar-refractivity contribution in [2.75, 3.05) is 6.54 Å². The van der Waals surface area contributed by atoms with E-state index in [0.717, 1.165) is 19.4 Å². The van der Waals surface area contributed by atoms with Crippen molar-refractivity contribution in [1.82, 2.24) is 4.90 Å². The topological polar surface area (TPSA) is 47.3 Å². The maximum Gasteiger partial charge on any atom is 0.124 e. The van der Waals surface area contributed by atoms with E-state index >= 15 is 0 Å². The molecule has 0 saturated carbocycles. The summed E-state index contributed by atoms with van der Waals surface area (Å²) in [5.74, 6) is 0.574. The lowest BCUT2D eigenvalue weighted by Crippen LogP contribution is -2.33.